The summed E-state index contributed by atoms with van der Waals surface area (Å²) in [7, 11) is 0. The van der Waals surface area contributed by atoms with Crippen LogP contribution in [0.15, 0.2) is 42.5 Å². The Morgan fingerprint density at radius 3 is 2.61 bits per heavy atom. The van der Waals surface area contributed by atoms with E-state index in [4.69, 9.17) is 5.73 Å². The summed E-state index contributed by atoms with van der Waals surface area (Å²) in [6.07, 6.45) is 5.70. The molecule has 0 heterocycles. The number of nitrogens with one attached hydrogen (secondary N) is 1. The lowest BCUT2D eigenvalue weighted by atomic mass is 10.1. The molecule has 0 saturated heterocycles. The number of carbonyl (C=O) groups excluding carboxylic acids is 1. The van der Waals surface area contributed by atoms with Crippen molar-refractivity contribution in [1.82, 2.24) is 0 Å². The maximum absolute atomic E-state index is 12.0. The fourth-order valence-corrected chi connectivity index (χ4v) is 3.23. The van der Waals surface area contributed by atoms with Crippen molar-refractivity contribution >= 4 is 11.6 Å². The number of benzene rings is 2. The molecule has 0 bridgehead atoms. The van der Waals surface area contributed by atoms with Gasteiger partial charge in [-0.05, 0) is 60.2 Å². The number of hydrogen-bond donors (Lipinski definition) is 2. The smallest absolute Gasteiger partial charge is 0.224 e. The highest BCUT2D eigenvalue weighted by molar-refractivity contribution is 5.91. The summed E-state index contributed by atoms with van der Waals surface area (Å²) in [6, 6.07) is 14.7. The summed E-state index contributed by atoms with van der Waals surface area (Å²) >= 11 is 0. The van der Waals surface area contributed by atoms with E-state index < -0.39 is 0 Å². The van der Waals surface area contributed by atoms with E-state index in [1.165, 1.54) is 22.3 Å². The van der Waals surface area contributed by atoms with Crippen molar-refractivity contribution in [3.05, 3.63) is 53.6 Å². The van der Waals surface area contributed by atoms with Gasteiger partial charge in [0.05, 0.1) is 0 Å². The van der Waals surface area contributed by atoms with Crippen LogP contribution in [0, 0.1) is 0 Å². The lowest BCUT2D eigenvalue weighted by molar-refractivity contribution is -0.116. The van der Waals surface area contributed by atoms with Crippen LogP contribution in [0.5, 0.6) is 0 Å². The van der Waals surface area contributed by atoms with Gasteiger partial charge in [0.15, 0.2) is 0 Å². The molecule has 1 aliphatic rings. The summed E-state index contributed by atoms with van der Waals surface area (Å²) in [4.78, 5) is 12.0. The molecule has 1 amide bonds. The van der Waals surface area contributed by atoms with Gasteiger partial charge in [0.25, 0.3) is 0 Å². The second-order valence-corrected chi connectivity index (χ2v) is 6.21. The Kier molecular flexibility index (Phi) is 5.09. The van der Waals surface area contributed by atoms with Gasteiger partial charge >= 0.3 is 0 Å². The molecular formula is C20H24N2O. The van der Waals surface area contributed by atoms with Gasteiger partial charge in [-0.2, -0.15) is 0 Å². The Balaban J connectivity index is 1.56. The zero-order valence-corrected chi connectivity index (χ0v) is 13.5. The maximum atomic E-state index is 12.0. The predicted molar refractivity (Wildman–Crippen MR) is 95.5 cm³/mol. The molecule has 0 saturated carbocycles. The molecule has 3 nitrogen and oxygen atoms in total. The highest BCUT2D eigenvalue weighted by atomic mass is 16.1. The highest BCUT2D eigenvalue weighted by Crippen LogP contribution is 2.37. The Morgan fingerprint density at radius 1 is 0.957 bits per heavy atom. The topological polar surface area (TPSA) is 55.1 Å². The third-order valence-corrected chi connectivity index (χ3v) is 4.44. The molecule has 1 aliphatic carbocycles. The van der Waals surface area contributed by atoms with Crippen LogP contribution in [0.1, 0.15) is 43.2 Å². The Bertz CT molecular complexity index is 694. The average molecular weight is 308 g/mol. The highest BCUT2D eigenvalue weighted by Gasteiger charge is 2.18. The van der Waals surface area contributed by atoms with Gasteiger partial charge in [0.2, 0.25) is 5.91 Å². The Labute approximate surface area is 137 Å². The van der Waals surface area contributed by atoms with Crippen LogP contribution in [0.3, 0.4) is 0 Å². The molecule has 23 heavy (non-hydrogen) atoms. The summed E-state index contributed by atoms with van der Waals surface area (Å²) in [5, 5.41) is 3.03. The molecular weight excluding hydrogens is 284 g/mol. The zero-order valence-electron chi connectivity index (χ0n) is 13.5. The van der Waals surface area contributed by atoms with E-state index in [9.17, 15) is 4.79 Å². The predicted octanol–water partition coefficient (Wildman–Crippen LogP) is 4.11. The van der Waals surface area contributed by atoms with Crippen LogP contribution in [-0.4, -0.2) is 12.5 Å². The van der Waals surface area contributed by atoms with Gasteiger partial charge in [-0.15, -0.1) is 0 Å². The quantitative estimate of drug-likeness (QED) is 0.645. The molecule has 3 N–H and O–H groups in total. The molecule has 2 aromatic rings. The van der Waals surface area contributed by atoms with E-state index in [1.54, 1.807) is 0 Å². The first kappa shape index (κ1) is 15.8. The van der Waals surface area contributed by atoms with Gasteiger partial charge in [-0.1, -0.05) is 43.2 Å². The summed E-state index contributed by atoms with van der Waals surface area (Å²) in [5.41, 5.74) is 11.7. The van der Waals surface area contributed by atoms with Gasteiger partial charge in [0, 0.05) is 12.1 Å². The minimum atomic E-state index is 0.105. The van der Waals surface area contributed by atoms with Crippen LogP contribution in [-0.2, 0) is 11.2 Å². The number of hydrogen-bond acceptors (Lipinski definition) is 2. The minimum Gasteiger partial charge on any atom is -0.330 e. The van der Waals surface area contributed by atoms with Crippen molar-refractivity contribution in [2.75, 3.05) is 11.9 Å². The lowest BCUT2D eigenvalue weighted by Crippen LogP contribution is -2.11. The molecule has 2 aromatic carbocycles. The Morgan fingerprint density at radius 2 is 1.74 bits per heavy atom. The van der Waals surface area contributed by atoms with Crippen LogP contribution in [0.2, 0.25) is 0 Å². The van der Waals surface area contributed by atoms with E-state index in [2.05, 4.69) is 41.7 Å². The van der Waals surface area contributed by atoms with Gasteiger partial charge in [-0.3, -0.25) is 4.79 Å². The van der Waals surface area contributed by atoms with E-state index in [0.717, 1.165) is 44.3 Å². The number of unbranched alkanes of at least 4 members (excludes halogenated alkanes) is 3. The summed E-state index contributed by atoms with van der Waals surface area (Å²) < 4.78 is 0. The molecule has 3 rings (SSSR count). The van der Waals surface area contributed by atoms with Crippen molar-refractivity contribution in [2.45, 2.75) is 38.5 Å². The average Bonchev–Trinajstić information content (AvgIpc) is 2.92. The third-order valence-electron chi connectivity index (χ3n) is 4.44. The third kappa shape index (κ3) is 3.80. The molecule has 0 aliphatic heterocycles. The largest absolute Gasteiger partial charge is 0.330 e. The zero-order chi connectivity index (χ0) is 16.1. The standard InChI is InChI=1S/C20H24N2O/c21-12-6-2-1-3-9-20(23)22-17-10-11-19-16(14-17)13-15-7-4-5-8-18(15)19/h4-5,7-8,10-11,14H,1-3,6,9,12-13,21H2,(H,22,23). The normalized spacial score (nSPS) is 11.9. The molecule has 0 atom stereocenters. The summed E-state index contributed by atoms with van der Waals surface area (Å²) in [6.45, 7) is 0.740. The molecule has 0 radical (unpaired) electrons. The van der Waals surface area contributed by atoms with Crippen molar-refractivity contribution in [2.24, 2.45) is 5.73 Å². The van der Waals surface area contributed by atoms with Crippen molar-refractivity contribution in [1.29, 1.82) is 0 Å². The molecule has 0 aromatic heterocycles. The van der Waals surface area contributed by atoms with Gasteiger partial charge in [0.1, 0.15) is 0 Å². The van der Waals surface area contributed by atoms with Crippen molar-refractivity contribution < 1.29 is 4.79 Å². The van der Waals surface area contributed by atoms with Crippen molar-refractivity contribution in [3.63, 3.8) is 0 Å². The first-order valence-corrected chi connectivity index (χ1v) is 8.49. The lowest BCUT2D eigenvalue weighted by Gasteiger charge is -2.08. The fraction of sp³-hybridized carbons (Fsp3) is 0.350. The first-order chi connectivity index (χ1) is 11.3. The SMILES string of the molecule is NCCCCCCC(=O)Nc1ccc2c(c1)Cc1ccccc1-2. The number of anilines is 1. The Hall–Kier alpha value is -2.13. The van der Waals surface area contributed by atoms with Crippen LogP contribution < -0.4 is 11.1 Å². The van der Waals surface area contributed by atoms with E-state index in [-0.39, 0.29) is 5.91 Å². The van der Waals surface area contributed by atoms with E-state index in [0.29, 0.717) is 6.42 Å². The molecule has 0 spiro atoms. The monoisotopic (exact) mass is 308 g/mol. The summed E-state index contributed by atoms with van der Waals surface area (Å²) in [5.74, 6) is 0.105. The van der Waals surface area contributed by atoms with Crippen LogP contribution in [0.25, 0.3) is 11.1 Å². The number of carbonyl (C=O) groups is 1. The molecule has 120 valence electrons. The first-order valence-electron chi connectivity index (χ1n) is 8.49. The fourth-order valence-electron chi connectivity index (χ4n) is 3.23. The second kappa shape index (κ2) is 7.42. The molecule has 0 unspecified atom stereocenters. The minimum absolute atomic E-state index is 0.105. The van der Waals surface area contributed by atoms with E-state index >= 15 is 0 Å². The van der Waals surface area contributed by atoms with Gasteiger partial charge < -0.3 is 11.1 Å². The van der Waals surface area contributed by atoms with E-state index in [1.807, 2.05) is 6.07 Å². The van der Waals surface area contributed by atoms with Crippen LogP contribution in [0.4, 0.5) is 5.69 Å². The van der Waals surface area contributed by atoms with Crippen molar-refractivity contribution in [3.8, 4) is 11.1 Å². The number of nitrogens with two attached hydrogens (primary N) is 1. The number of amides is 1. The maximum Gasteiger partial charge on any atom is 0.224 e. The molecule has 3 heteroatoms. The number of rotatable bonds is 7. The second-order valence-electron chi connectivity index (χ2n) is 6.21. The molecule has 0 fully saturated rings. The van der Waals surface area contributed by atoms with Crippen LogP contribution >= 0.6 is 0 Å². The number of fused-ring (bicyclic) bond motifs is 3. The van der Waals surface area contributed by atoms with Gasteiger partial charge in [-0.25, -0.2) is 0 Å².